The van der Waals surface area contributed by atoms with Gasteiger partial charge in [-0.1, -0.05) is 19.9 Å². The molecular formula is C18H23N5O2. The molecule has 3 atom stereocenters. The Morgan fingerprint density at radius 2 is 2.16 bits per heavy atom. The minimum Gasteiger partial charge on any atom is -0.342 e. The van der Waals surface area contributed by atoms with Gasteiger partial charge in [0, 0.05) is 17.2 Å². The summed E-state index contributed by atoms with van der Waals surface area (Å²) in [6.07, 6.45) is 1.61. The molecule has 0 saturated heterocycles. The molecule has 3 unspecified atom stereocenters. The second-order valence-corrected chi connectivity index (χ2v) is 6.60. The van der Waals surface area contributed by atoms with Crippen LogP contribution >= 0.6 is 0 Å². The van der Waals surface area contributed by atoms with Gasteiger partial charge in [-0.2, -0.15) is 5.10 Å². The van der Waals surface area contributed by atoms with Crippen LogP contribution in [0.3, 0.4) is 0 Å². The summed E-state index contributed by atoms with van der Waals surface area (Å²) < 4.78 is 0. The molecule has 2 aromatic rings. The van der Waals surface area contributed by atoms with Crippen molar-refractivity contribution in [2.24, 2.45) is 11.8 Å². The van der Waals surface area contributed by atoms with Crippen LogP contribution in [0.5, 0.6) is 0 Å². The first-order valence-corrected chi connectivity index (χ1v) is 8.58. The number of carbonyl (C=O) groups is 2. The van der Waals surface area contributed by atoms with E-state index in [1.165, 1.54) is 0 Å². The molecule has 132 valence electrons. The van der Waals surface area contributed by atoms with Crippen LogP contribution in [0.4, 0.5) is 5.69 Å². The second-order valence-electron chi connectivity index (χ2n) is 6.60. The summed E-state index contributed by atoms with van der Waals surface area (Å²) >= 11 is 0. The van der Waals surface area contributed by atoms with Crippen LogP contribution in [0, 0.1) is 18.8 Å². The Labute approximate surface area is 146 Å². The zero-order valence-electron chi connectivity index (χ0n) is 14.7. The number of aryl methyl sites for hydroxylation is 1. The minimum atomic E-state index is -0.261. The second kappa shape index (κ2) is 7.04. The van der Waals surface area contributed by atoms with Gasteiger partial charge in [-0.3, -0.25) is 14.7 Å². The molecule has 0 radical (unpaired) electrons. The van der Waals surface area contributed by atoms with E-state index in [0.29, 0.717) is 35.2 Å². The molecule has 25 heavy (non-hydrogen) atoms. The molecule has 0 bridgehead atoms. The van der Waals surface area contributed by atoms with Gasteiger partial charge < -0.3 is 10.6 Å². The molecule has 1 aromatic heterocycles. The van der Waals surface area contributed by atoms with Crippen molar-refractivity contribution in [3.05, 3.63) is 41.5 Å². The monoisotopic (exact) mass is 341 g/mol. The van der Waals surface area contributed by atoms with Gasteiger partial charge in [0.05, 0.1) is 6.04 Å². The number of carbonyl (C=O) groups excluding carboxylic acids is 2. The van der Waals surface area contributed by atoms with Crippen molar-refractivity contribution < 1.29 is 9.59 Å². The highest BCUT2D eigenvalue weighted by Crippen LogP contribution is 2.38. The highest BCUT2D eigenvalue weighted by Gasteiger charge is 2.39. The number of hydrogen-bond acceptors (Lipinski definition) is 4. The fourth-order valence-electron chi connectivity index (χ4n) is 2.77. The highest BCUT2D eigenvalue weighted by molar-refractivity contribution is 5.98. The molecule has 7 nitrogen and oxygen atoms in total. The molecule has 0 aliphatic heterocycles. The maximum atomic E-state index is 12.5. The highest BCUT2D eigenvalue weighted by atomic mass is 16.2. The first-order chi connectivity index (χ1) is 12.0. The Kier molecular flexibility index (Phi) is 4.83. The molecule has 1 aromatic carbocycles. The van der Waals surface area contributed by atoms with Gasteiger partial charge in [0.1, 0.15) is 5.82 Å². The van der Waals surface area contributed by atoms with Gasteiger partial charge in [-0.15, -0.1) is 0 Å². The predicted octanol–water partition coefficient (Wildman–Crippen LogP) is 2.59. The maximum Gasteiger partial charge on any atom is 0.251 e. The van der Waals surface area contributed by atoms with E-state index in [1.54, 1.807) is 24.3 Å². The van der Waals surface area contributed by atoms with Crippen LogP contribution in [0.2, 0.25) is 0 Å². The largest absolute Gasteiger partial charge is 0.342 e. The fraction of sp³-hybridized carbons (Fsp3) is 0.444. The molecule has 2 amide bonds. The lowest BCUT2D eigenvalue weighted by atomic mass is 10.1. The number of rotatable bonds is 6. The average Bonchev–Trinajstić information content (AvgIpc) is 3.18. The first kappa shape index (κ1) is 17.1. The summed E-state index contributed by atoms with van der Waals surface area (Å²) in [5.74, 6) is 1.62. The summed E-state index contributed by atoms with van der Waals surface area (Å²) in [6, 6.07) is 6.70. The van der Waals surface area contributed by atoms with Crippen LogP contribution in [-0.2, 0) is 4.79 Å². The Balaban J connectivity index is 1.67. The van der Waals surface area contributed by atoms with Crippen LogP contribution in [0.25, 0.3) is 0 Å². The molecule has 3 N–H and O–H groups in total. The van der Waals surface area contributed by atoms with Gasteiger partial charge in [-0.05, 0) is 43.9 Å². The van der Waals surface area contributed by atoms with Crippen molar-refractivity contribution in [1.82, 2.24) is 20.5 Å². The summed E-state index contributed by atoms with van der Waals surface area (Å²) in [4.78, 5) is 28.9. The van der Waals surface area contributed by atoms with E-state index in [4.69, 9.17) is 0 Å². The molecule has 1 heterocycles. The normalized spacial score (nSPS) is 20.0. The summed E-state index contributed by atoms with van der Waals surface area (Å²) in [6.45, 7) is 5.84. The van der Waals surface area contributed by atoms with Crippen LogP contribution in [0.1, 0.15) is 54.7 Å². The summed E-state index contributed by atoms with van der Waals surface area (Å²) in [7, 11) is 0. The van der Waals surface area contributed by atoms with Crippen molar-refractivity contribution in [3.8, 4) is 0 Å². The zero-order chi connectivity index (χ0) is 18.0. The number of nitrogens with zero attached hydrogens (tertiary/aromatic N) is 2. The molecule has 1 aliphatic rings. The third-order valence-corrected chi connectivity index (χ3v) is 4.48. The molecule has 7 heteroatoms. The maximum absolute atomic E-state index is 12.5. The Hall–Kier alpha value is -2.70. The first-order valence-electron chi connectivity index (χ1n) is 8.58. The molecule has 3 rings (SSSR count). The van der Waals surface area contributed by atoms with Crippen LogP contribution < -0.4 is 10.6 Å². The number of nitrogens with one attached hydrogen (secondary N) is 3. The number of amides is 2. The lowest BCUT2D eigenvalue weighted by molar-refractivity contribution is -0.117. The molecular weight excluding hydrogens is 318 g/mol. The molecule has 1 aliphatic carbocycles. The summed E-state index contributed by atoms with van der Waals surface area (Å²) in [5.41, 5.74) is 1.13. The Bertz CT molecular complexity index is 785. The zero-order valence-corrected chi connectivity index (χ0v) is 14.7. The SMILES string of the molecule is CCC(NC(=O)c1cccc(NC(=O)C2CC2C)c1)c1n[nH]c(C)n1. The van der Waals surface area contributed by atoms with Gasteiger partial charge in [0.2, 0.25) is 5.91 Å². The van der Waals surface area contributed by atoms with E-state index in [-0.39, 0.29) is 23.8 Å². The lowest BCUT2D eigenvalue weighted by Gasteiger charge is -2.14. The van der Waals surface area contributed by atoms with Crippen LogP contribution in [0.15, 0.2) is 24.3 Å². The van der Waals surface area contributed by atoms with Crippen molar-refractivity contribution in [2.75, 3.05) is 5.32 Å². The molecule has 1 saturated carbocycles. The van der Waals surface area contributed by atoms with E-state index in [1.807, 2.05) is 13.8 Å². The van der Waals surface area contributed by atoms with Gasteiger partial charge in [0.15, 0.2) is 5.82 Å². The molecule has 1 fully saturated rings. The Morgan fingerprint density at radius 3 is 2.76 bits per heavy atom. The minimum absolute atomic E-state index is 0.0210. The van der Waals surface area contributed by atoms with E-state index < -0.39 is 0 Å². The number of hydrogen-bond donors (Lipinski definition) is 3. The Morgan fingerprint density at radius 1 is 1.40 bits per heavy atom. The standard InChI is InChI=1S/C18H23N5O2/c1-4-15(16-19-11(3)22-23-16)21-17(24)12-6-5-7-13(9-12)20-18(25)14-8-10(14)2/h5-7,9-10,14-15H,4,8H2,1-3H3,(H,20,25)(H,21,24)(H,19,22,23). The predicted molar refractivity (Wildman–Crippen MR) is 94.0 cm³/mol. The van der Waals surface area contributed by atoms with Crippen molar-refractivity contribution in [2.45, 2.75) is 39.7 Å². The molecule has 0 spiro atoms. The summed E-state index contributed by atoms with van der Waals surface area (Å²) in [5, 5.41) is 12.7. The van der Waals surface area contributed by atoms with Crippen molar-refractivity contribution in [1.29, 1.82) is 0 Å². The van der Waals surface area contributed by atoms with Crippen LogP contribution in [-0.4, -0.2) is 27.0 Å². The number of aromatic amines is 1. The lowest BCUT2D eigenvalue weighted by Crippen LogP contribution is -2.29. The average molecular weight is 341 g/mol. The van der Waals surface area contributed by atoms with E-state index in [0.717, 1.165) is 6.42 Å². The number of aromatic nitrogens is 3. The van der Waals surface area contributed by atoms with Crippen molar-refractivity contribution in [3.63, 3.8) is 0 Å². The van der Waals surface area contributed by atoms with E-state index in [2.05, 4.69) is 32.7 Å². The number of benzene rings is 1. The van der Waals surface area contributed by atoms with Crippen molar-refractivity contribution >= 4 is 17.5 Å². The van der Waals surface area contributed by atoms with E-state index >= 15 is 0 Å². The van der Waals surface area contributed by atoms with Gasteiger partial charge >= 0.3 is 0 Å². The number of anilines is 1. The van der Waals surface area contributed by atoms with Gasteiger partial charge in [0.25, 0.3) is 5.91 Å². The third-order valence-electron chi connectivity index (χ3n) is 4.48. The third kappa shape index (κ3) is 4.04. The number of H-pyrrole nitrogens is 1. The van der Waals surface area contributed by atoms with E-state index in [9.17, 15) is 9.59 Å². The van der Waals surface area contributed by atoms with Gasteiger partial charge in [-0.25, -0.2) is 4.98 Å². The fourth-order valence-corrected chi connectivity index (χ4v) is 2.77. The smallest absolute Gasteiger partial charge is 0.251 e. The quantitative estimate of drug-likeness (QED) is 0.752. The topological polar surface area (TPSA) is 99.8 Å².